The van der Waals surface area contributed by atoms with Gasteiger partial charge in [-0.2, -0.15) is 0 Å². The van der Waals surface area contributed by atoms with E-state index in [1.54, 1.807) is 13.0 Å². The van der Waals surface area contributed by atoms with Crippen molar-refractivity contribution >= 4 is 17.0 Å². The molecule has 0 saturated heterocycles. The number of rotatable bonds is 2. The molecule has 0 unspecified atom stereocenters. The number of ketones is 1. The van der Waals surface area contributed by atoms with Crippen LogP contribution in [0, 0.1) is 17.0 Å². The number of ether oxygens (including phenoxy) is 1. The first kappa shape index (κ1) is 16.0. The Morgan fingerprint density at radius 2 is 1.85 bits per heavy atom. The lowest BCUT2D eigenvalue weighted by Gasteiger charge is -2.26. The summed E-state index contributed by atoms with van der Waals surface area (Å²) in [6, 6.07) is 7.32. The van der Waals surface area contributed by atoms with Crippen molar-refractivity contribution in [1.29, 1.82) is 0 Å². The summed E-state index contributed by atoms with van der Waals surface area (Å²) in [6.45, 7) is 1.64. The number of allylic oxidation sites excluding steroid dienone is 2. The molecule has 0 bridgehead atoms. The number of carbonyl (C=O) groups excluding carboxylic acids is 1. The number of hydrogen-bond donors (Lipinski definition) is 0. The van der Waals surface area contributed by atoms with Gasteiger partial charge in [0.25, 0.3) is 5.69 Å². The third-order valence-electron chi connectivity index (χ3n) is 4.35. The van der Waals surface area contributed by atoms with E-state index >= 15 is 0 Å². The standard InChI is InChI=1S/C19H13NO6/c1-10-9-15-18(19(22)25-10)16(11-5-7-12(8-6-11)20(23)24)17-13(21)3-2-4-14(17)26-15/h4-9H,2-3H2,1H3. The lowest BCUT2D eigenvalue weighted by molar-refractivity contribution is -0.384. The van der Waals surface area contributed by atoms with E-state index in [1.807, 2.05) is 6.08 Å². The summed E-state index contributed by atoms with van der Waals surface area (Å²) in [5.74, 6) is 0.980. The maximum Gasteiger partial charge on any atom is 0.347 e. The Kier molecular flexibility index (Phi) is 3.57. The second-order valence-electron chi connectivity index (χ2n) is 6.07. The highest BCUT2D eigenvalue weighted by atomic mass is 16.6. The summed E-state index contributed by atoms with van der Waals surface area (Å²) >= 11 is 0. The Bertz CT molecular complexity index is 1070. The van der Waals surface area contributed by atoms with Gasteiger partial charge in [-0.1, -0.05) is 0 Å². The lowest BCUT2D eigenvalue weighted by Crippen LogP contribution is -2.24. The molecule has 130 valence electrons. The number of fused-ring (bicyclic) bond motifs is 2. The molecule has 1 aliphatic heterocycles. The normalized spacial score (nSPS) is 15.7. The monoisotopic (exact) mass is 351 g/mol. The number of aryl methyl sites for hydroxylation is 1. The molecule has 2 aromatic rings. The molecule has 0 N–H and O–H groups in total. The van der Waals surface area contributed by atoms with Crippen LogP contribution in [0.5, 0.6) is 5.75 Å². The quantitative estimate of drug-likeness (QED) is 0.608. The highest BCUT2D eigenvalue weighted by molar-refractivity contribution is 6.11. The zero-order valence-corrected chi connectivity index (χ0v) is 13.8. The van der Waals surface area contributed by atoms with Crippen molar-refractivity contribution in [1.82, 2.24) is 0 Å². The molecule has 0 fully saturated rings. The SMILES string of the molecule is Cc1cc2c(c(=O)o1)C(c1ccc([N+](=O)[O-])cc1)=C1C(=O)CCC=C1O2. The summed E-state index contributed by atoms with van der Waals surface area (Å²) in [5.41, 5.74) is 0.700. The Morgan fingerprint density at radius 1 is 1.12 bits per heavy atom. The van der Waals surface area contributed by atoms with E-state index in [2.05, 4.69) is 0 Å². The van der Waals surface area contributed by atoms with Crippen LogP contribution >= 0.6 is 0 Å². The summed E-state index contributed by atoms with van der Waals surface area (Å²) in [5, 5.41) is 10.9. The molecule has 4 rings (SSSR count). The van der Waals surface area contributed by atoms with E-state index in [0.717, 1.165) is 0 Å². The van der Waals surface area contributed by atoms with Crippen molar-refractivity contribution in [3.63, 3.8) is 0 Å². The number of non-ortho nitro benzene ring substituents is 1. The molecular formula is C19H13NO6. The largest absolute Gasteiger partial charge is 0.456 e. The van der Waals surface area contributed by atoms with E-state index in [0.29, 0.717) is 46.8 Å². The average molecular weight is 351 g/mol. The number of nitro benzene ring substituents is 1. The minimum absolute atomic E-state index is 0.0756. The molecule has 26 heavy (non-hydrogen) atoms. The van der Waals surface area contributed by atoms with E-state index in [9.17, 15) is 19.7 Å². The molecule has 0 radical (unpaired) electrons. The minimum atomic E-state index is -0.613. The Morgan fingerprint density at radius 3 is 2.54 bits per heavy atom. The fourth-order valence-corrected chi connectivity index (χ4v) is 3.23. The van der Waals surface area contributed by atoms with Gasteiger partial charge in [0.15, 0.2) is 5.78 Å². The molecule has 0 saturated carbocycles. The van der Waals surface area contributed by atoms with Crippen molar-refractivity contribution in [2.75, 3.05) is 0 Å². The second-order valence-corrected chi connectivity index (χ2v) is 6.07. The highest BCUT2D eigenvalue weighted by Gasteiger charge is 2.34. The molecule has 1 aromatic carbocycles. The first-order valence-electron chi connectivity index (χ1n) is 8.01. The molecule has 1 aliphatic carbocycles. The van der Waals surface area contributed by atoms with Gasteiger partial charge in [-0.3, -0.25) is 14.9 Å². The van der Waals surface area contributed by atoms with Crippen molar-refractivity contribution in [3.05, 3.63) is 85.2 Å². The van der Waals surface area contributed by atoms with E-state index in [4.69, 9.17) is 9.15 Å². The first-order chi connectivity index (χ1) is 12.5. The van der Waals surface area contributed by atoms with Gasteiger partial charge < -0.3 is 9.15 Å². The zero-order chi connectivity index (χ0) is 18.4. The van der Waals surface area contributed by atoms with Crippen molar-refractivity contribution in [2.45, 2.75) is 19.8 Å². The van der Waals surface area contributed by atoms with Gasteiger partial charge in [0.1, 0.15) is 22.8 Å². The topological polar surface area (TPSA) is 99.6 Å². The number of hydrogen-bond acceptors (Lipinski definition) is 6. The summed E-state index contributed by atoms with van der Waals surface area (Å²) in [7, 11) is 0. The van der Waals surface area contributed by atoms with E-state index in [-0.39, 0.29) is 17.0 Å². The van der Waals surface area contributed by atoms with Crippen LogP contribution in [-0.2, 0) is 4.79 Å². The number of Topliss-reactive ketones (excluding diaryl/α,β-unsaturated/α-hetero) is 1. The van der Waals surface area contributed by atoms with Crippen LogP contribution in [0.3, 0.4) is 0 Å². The minimum Gasteiger partial charge on any atom is -0.456 e. The van der Waals surface area contributed by atoms with Crippen LogP contribution in [-0.4, -0.2) is 10.7 Å². The third-order valence-corrected chi connectivity index (χ3v) is 4.35. The first-order valence-corrected chi connectivity index (χ1v) is 8.01. The van der Waals surface area contributed by atoms with Gasteiger partial charge in [0, 0.05) is 30.2 Å². The molecule has 0 atom stereocenters. The Balaban J connectivity index is 2.03. The molecule has 7 nitrogen and oxygen atoms in total. The lowest BCUT2D eigenvalue weighted by atomic mass is 9.85. The van der Waals surface area contributed by atoms with Crippen molar-refractivity contribution in [3.8, 4) is 5.75 Å². The van der Waals surface area contributed by atoms with Gasteiger partial charge in [-0.05, 0) is 37.1 Å². The molecule has 0 amide bonds. The predicted octanol–water partition coefficient (Wildman–Crippen LogP) is 3.30. The van der Waals surface area contributed by atoms with Crippen LogP contribution in [0.4, 0.5) is 5.69 Å². The molecule has 0 spiro atoms. The molecule has 2 aliphatic rings. The van der Waals surface area contributed by atoms with E-state index < -0.39 is 10.5 Å². The summed E-state index contributed by atoms with van der Waals surface area (Å²) in [6.07, 6.45) is 2.68. The van der Waals surface area contributed by atoms with Crippen LogP contribution in [0.25, 0.3) is 5.57 Å². The molecular weight excluding hydrogens is 338 g/mol. The molecule has 2 heterocycles. The number of nitrogens with zero attached hydrogens (tertiary/aromatic N) is 1. The van der Waals surface area contributed by atoms with Gasteiger partial charge in [0.05, 0.1) is 10.5 Å². The van der Waals surface area contributed by atoms with Crippen LogP contribution in [0.15, 0.2) is 57.0 Å². The second kappa shape index (κ2) is 5.80. The van der Waals surface area contributed by atoms with Crippen molar-refractivity contribution < 1.29 is 18.9 Å². The van der Waals surface area contributed by atoms with Gasteiger partial charge in [-0.15, -0.1) is 0 Å². The maximum absolute atomic E-state index is 12.6. The third kappa shape index (κ3) is 2.45. The van der Waals surface area contributed by atoms with Crippen LogP contribution in [0.2, 0.25) is 0 Å². The number of carbonyl (C=O) groups is 1. The highest BCUT2D eigenvalue weighted by Crippen LogP contribution is 2.42. The Labute approximate surface area is 147 Å². The number of benzene rings is 1. The fourth-order valence-electron chi connectivity index (χ4n) is 3.23. The smallest absolute Gasteiger partial charge is 0.347 e. The molecule has 1 aromatic heterocycles. The van der Waals surface area contributed by atoms with Gasteiger partial charge >= 0.3 is 5.63 Å². The van der Waals surface area contributed by atoms with Gasteiger partial charge in [-0.25, -0.2) is 4.79 Å². The zero-order valence-electron chi connectivity index (χ0n) is 13.8. The van der Waals surface area contributed by atoms with E-state index in [1.165, 1.54) is 24.3 Å². The fraction of sp³-hybridized carbons (Fsp3) is 0.158. The predicted molar refractivity (Wildman–Crippen MR) is 91.8 cm³/mol. The average Bonchev–Trinajstić information content (AvgIpc) is 2.60. The number of nitro groups is 1. The molecule has 7 heteroatoms. The summed E-state index contributed by atoms with van der Waals surface area (Å²) in [4.78, 5) is 35.5. The van der Waals surface area contributed by atoms with Crippen LogP contribution in [0.1, 0.15) is 29.7 Å². The summed E-state index contributed by atoms with van der Waals surface area (Å²) < 4.78 is 11.0. The van der Waals surface area contributed by atoms with Crippen LogP contribution < -0.4 is 10.4 Å². The van der Waals surface area contributed by atoms with Crippen molar-refractivity contribution in [2.24, 2.45) is 0 Å². The Hall–Kier alpha value is -3.48. The van der Waals surface area contributed by atoms with Gasteiger partial charge in [0.2, 0.25) is 0 Å². The maximum atomic E-state index is 12.6.